The Morgan fingerprint density at radius 1 is 1.53 bits per heavy atom. The Morgan fingerprint density at radius 2 is 2.24 bits per heavy atom. The van der Waals surface area contributed by atoms with Gasteiger partial charge in [-0.25, -0.2) is 13.1 Å². The van der Waals surface area contributed by atoms with Crippen LogP contribution >= 0.6 is 27.3 Å². The number of sulfonamides is 1. The first kappa shape index (κ1) is 14.6. The summed E-state index contributed by atoms with van der Waals surface area (Å²) in [5.74, 6) is -1.14. The van der Waals surface area contributed by atoms with Crippen molar-refractivity contribution in [3.8, 4) is 0 Å². The third-order valence-electron chi connectivity index (χ3n) is 1.89. The molecule has 96 valence electrons. The van der Waals surface area contributed by atoms with E-state index in [0.717, 1.165) is 9.35 Å². The lowest BCUT2D eigenvalue weighted by atomic mass is 10.3. The highest BCUT2D eigenvalue weighted by Gasteiger charge is 2.11. The molecular formula is C9H12BrNO4S2. The zero-order valence-electron chi connectivity index (χ0n) is 8.85. The van der Waals surface area contributed by atoms with Crippen LogP contribution in [-0.4, -0.2) is 25.2 Å². The van der Waals surface area contributed by atoms with Crippen LogP contribution < -0.4 is 4.72 Å². The number of aliphatic carboxylic acids is 1. The summed E-state index contributed by atoms with van der Waals surface area (Å²) in [5.41, 5.74) is 0. The first-order valence-electron chi connectivity index (χ1n) is 4.81. The van der Waals surface area contributed by atoms with E-state index in [-0.39, 0.29) is 25.1 Å². The molecule has 0 spiro atoms. The van der Waals surface area contributed by atoms with Crippen molar-refractivity contribution < 1.29 is 18.3 Å². The summed E-state index contributed by atoms with van der Waals surface area (Å²) in [6, 6.07) is 1.84. The van der Waals surface area contributed by atoms with E-state index in [2.05, 4.69) is 20.7 Å². The van der Waals surface area contributed by atoms with Gasteiger partial charge in [-0.2, -0.15) is 0 Å². The second kappa shape index (κ2) is 6.48. The molecular weight excluding hydrogens is 330 g/mol. The zero-order chi connectivity index (χ0) is 12.9. The number of nitrogens with one attached hydrogen (secondary N) is 1. The maximum atomic E-state index is 11.5. The van der Waals surface area contributed by atoms with Crippen LogP contribution in [0.2, 0.25) is 0 Å². The van der Waals surface area contributed by atoms with Gasteiger partial charge in [0, 0.05) is 27.7 Å². The molecule has 0 bridgehead atoms. The van der Waals surface area contributed by atoms with Crippen LogP contribution in [0, 0.1) is 0 Å². The van der Waals surface area contributed by atoms with Crippen molar-refractivity contribution in [3.63, 3.8) is 0 Å². The summed E-state index contributed by atoms with van der Waals surface area (Å²) in [5, 5.41) is 10.3. The standard InChI is InChI=1S/C9H12BrNO4S2/c10-7-4-8(16-6-7)5-11-17(14,15)3-1-2-9(12)13/h4,6,11H,1-3,5H2,(H,12,13). The van der Waals surface area contributed by atoms with Gasteiger partial charge in [0.15, 0.2) is 0 Å². The first-order chi connectivity index (χ1) is 7.89. The fourth-order valence-electron chi connectivity index (χ4n) is 1.11. The maximum Gasteiger partial charge on any atom is 0.303 e. The van der Waals surface area contributed by atoms with Gasteiger partial charge in [-0.05, 0) is 28.4 Å². The lowest BCUT2D eigenvalue weighted by Crippen LogP contribution is -2.25. The average molecular weight is 342 g/mol. The highest BCUT2D eigenvalue weighted by atomic mass is 79.9. The number of hydrogen-bond donors (Lipinski definition) is 2. The molecule has 0 saturated heterocycles. The molecule has 1 aromatic heterocycles. The SMILES string of the molecule is O=C(O)CCCS(=O)(=O)NCc1cc(Br)cs1. The monoisotopic (exact) mass is 341 g/mol. The van der Waals surface area contributed by atoms with Crippen molar-refractivity contribution in [2.45, 2.75) is 19.4 Å². The zero-order valence-corrected chi connectivity index (χ0v) is 12.1. The van der Waals surface area contributed by atoms with Crippen molar-refractivity contribution in [1.82, 2.24) is 4.72 Å². The van der Waals surface area contributed by atoms with E-state index in [1.807, 2.05) is 11.4 Å². The van der Waals surface area contributed by atoms with Gasteiger partial charge < -0.3 is 5.11 Å². The van der Waals surface area contributed by atoms with Gasteiger partial charge >= 0.3 is 5.97 Å². The van der Waals surface area contributed by atoms with E-state index >= 15 is 0 Å². The molecule has 0 radical (unpaired) electrons. The van der Waals surface area contributed by atoms with E-state index in [1.54, 1.807) is 0 Å². The van der Waals surface area contributed by atoms with Crippen LogP contribution in [0.1, 0.15) is 17.7 Å². The third kappa shape index (κ3) is 6.16. The number of halogens is 1. The Hall–Kier alpha value is -0.440. The Balaban J connectivity index is 2.36. The van der Waals surface area contributed by atoms with Crippen molar-refractivity contribution in [1.29, 1.82) is 0 Å². The van der Waals surface area contributed by atoms with Crippen molar-refractivity contribution in [2.75, 3.05) is 5.75 Å². The fraction of sp³-hybridized carbons (Fsp3) is 0.444. The van der Waals surface area contributed by atoms with Gasteiger partial charge in [0.2, 0.25) is 10.0 Å². The number of carboxylic acids is 1. The second-order valence-electron chi connectivity index (χ2n) is 3.37. The molecule has 1 aromatic rings. The highest BCUT2D eigenvalue weighted by molar-refractivity contribution is 9.10. The minimum Gasteiger partial charge on any atom is -0.481 e. The molecule has 1 rings (SSSR count). The Kier molecular flexibility index (Phi) is 5.57. The van der Waals surface area contributed by atoms with Gasteiger partial charge in [0.25, 0.3) is 0 Å². The largest absolute Gasteiger partial charge is 0.481 e. The molecule has 0 fully saturated rings. The molecule has 0 unspecified atom stereocenters. The topological polar surface area (TPSA) is 83.5 Å². The summed E-state index contributed by atoms with van der Waals surface area (Å²) >= 11 is 4.73. The van der Waals surface area contributed by atoms with E-state index in [4.69, 9.17) is 5.11 Å². The van der Waals surface area contributed by atoms with Gasteiger partial charge in [0.1, 0.15) is 0 Å². The second-order valence-corrected chi connectivity index (χ2v) is 7.21. The van der Waals surface area contributed by atoms with Crippen LogP contribution in [-0.2, 0) is 21.4 Å². The van der Waals surface area contributed by atoms with Crippen molar-refractivity contribution in [2.24, 2.45) is 0 Å². The van der Waals surface area contributed by atoms with Gasteiger partial charge in [-0.3, -0.25) is 4.79 Å². The summed E-state index contributed by atoms with van der Waals surface area (Å²) in [4.78, 5) is 11.2. The molecule has 0 amide bonds. The molecule has 0 aliphatic rings. The van der Waals surface area contributed by atoms with Crippen molar-refractivity contribution >= 4 is 43.3 Å². The van der Waals surface area contributed by atoms with E-state index in [9.17, 15) is 13.2 Å². The minimum absolute atomic E-state index is 0.124. The molecule has 8 heteroatoms. The molecule has 17 heavy (non-hydrogen) atoms. The Labute approximate surface area is 112 Å². The van der Waals surface area contributed by atoms with E-state index in [0.29, 0.717) is 0 Å². The molecule has 0 aromatic carbocycles. The van der Waals surface area contributed by atoms with Crippen LogP contribution in [0.15, 0.2) is 15.9 Å². The molecule has 2 N–H and O–H groups in total. The molecule has 0 aliphatic heterocycles. The Bertz CT molecular complexity index is 483. The molecule has 5 nitrogen and oxygen atoms in total. The number of rotatable bonds is 7. The molecule has 1 heterocycles. The third-order valence-corrected chi connectivity index (χ3v) is 5.00. The lowest BCUT2D eigenvalue weighted by molar-refractivity contribution is -0.137. The maximum absolute atomic E-state index is 11.5. The number of carbonyl (C=O) groups is 1. The van der Waals surface area contributed by atoms with Crippen LogP contribution in [0.25, 0.3) is 0 Å². The summed E-state index contributed by atoms with van der Waals surface area (Å²) in [6.45, 7) is 0.242. The Morgan fingerprint density at radius 3 is 2.76 bits per heavy atom. The average Bonchev–Trinajstić information content (AvgIpc) is 2.61. The molecule has 0 atom stereocenters. The number of thiophene rings is 1. The predicted octanol–water partition coefficient (Wildman–Crippen LogP) is 1.79. The first-order valence-corrected chi connectivity index (χ1v) is 8.13. The van der Waals surface area contributed by atoms with Crippen LogP contribution in [0.3, 0.4) is 0 Å². The van der Waals surface area contributed by atoms with Gasteiger partial charge in [-0.15, -0.1) is 11.3 Å². The fourth-order valence-corrected chi connectivity index (χ4v) is 3.64. The molecule has 0 saturated carbocycles. The summed E-state index contributed by atoms with van der Waals surface area (Å²) in [6.07, 6.45) is -0.00966. The van der Waals surface area contributed by atoms with Crippen LogP contribution in [0.5, 0.6) is 0 Å². The normalized spacial score (nSPS) is 11.6. The lowest BCUT2D eigenvalue weighted by Gasteiger charge is -2.04. The van der Waals surface area contributed by atoms with Gasteiger partial charge in [0.05, 0.1) is 5.75 Å². The summed E-state index contributed by atoms with van der Waals surface area (Å²) in [7, 11) is -3.39. The van der Waals surface area contributed by atoms with E-state index in [1.165, 1.54) is 11.3 Å². The molecule has 0 aliphatic carbocycles. The van der Waals surface area contributed by atoms with Crippen molar-refractivity contribution in [3.05, 3.63) is 20.8 Å². The van der Waals surface area contributed by atoms with Crippen LogP contribution in [0.4, 0.5) is 0 Å². The quantitative estimate of drug-likeness (QED) is 0.791. The smallest absolute Gasteiger partial charge is 0.303 e. The van der Waals surface area contributed by atoms with Gasteiger partial charge in [-0.1, -0.05) is 0 Å². The number of hydrogen-bond acceptors (Lipinski definition) is 4. The number of carboxylic acid groups (broad SMARTS) is 1. The predicted molar refractivity (Wildman–Crippen MR) is 69.5 cm³/mol. The highest BCUT2D eigenvalue weighted by Crippen LogP contribution is 2.19. The summed E-state index contributed by atoms with van der Waals surface area (Å²) < 4.78 is 26.3. The minimum atomic E-state index is -3.39. The van der Waals surface area contributed by atoms with E-state index < -0.39 is 16.0 Å².